The summed E-state index contributed by atoms with van der Waals surface area (Å²) in [6.45, 7) is 5.76. The third-order valence-electron chi connectivity index (χ3n) is 6.57. The van der Waals surface area contributed by atoms with Crippen molar-refractivity contribution < 1.29 is 22.7 Å². The molecule has 0 aromatic heterocycles. The second-order valence-electron chi connectivity index (χ2n) is 10.2. The van der Waals surface area contributed by atoms with Gasteiger partial charge in [0.1, 0.15) is 11.4 Å². The van der Waals surface area contributed by atoms with Gasteiger partial charge in [-0.25, -0.2) is 13.2 Å². The Bertz CT molecular complexity index is 963. The molecule has 0 N–H and O–H groups in total. The van der Waals surface area contributed by atoms with Crippen LogP contribution in [0.15, 0.2) is 48.5 Å². The predicted octanol–water partition coefficient (Wildman–Crippen LogP) is 5.67. The summed E-state index contributed by atoms with van der Waals surface area (Å²) in [4.78, 5) is 15.9. The van der Waals surface area contributed by atoms with Crippen molar-refractivity contribution in [3.05, 3.63) is 54.1 Å². The number of hydrogen-bond donors (Lipinski definition) is 0. The molecule has 2 aliphatic rings. The fourth-order valence-corrected chi connectivity index (χ4v) is 4.70. The number of alkyl halides is 3. The fraction of sp³-hybridized carbons (Fsp3) is 0.519. The maximum absolute atomic E-state index is 13.8. The smallest absolute Gasteiger partial charge is 0.267 e. The molecule has 7 heteroatoms. The number of carbonyl (C=O) groups is 1. The Kier molecular flexibility index (Phi) is 7.22. The van der Waals surface area contributed by atoms with E-state index in [1.165, 1.54) is 4.90 Å². The number of amides is 1. The SMILES string of the molecule is CC(C)(F)CN1CCC(COc2ccc(-c3ccc(C(=O)N4CCC(F)(F)C4)cc3)cc2)CC1. The topological polar surface area (TPSA) is 32.8 Å². The summed E-state index contributed by atoms with van der Waals surface area (Å²) in [6, 6.07) is 14.9. The Balaban J connectivity index is 1.26. The van der Waals surface area contributed by atoms with Crippen molar-refractivity contribution >= 4 is 5.91 Å². The number of likely N-dealkylation sites (tertiary alicyclic amines) is 2. The van der Waals surface area contributed by atoms with Gasteiger partial charge >= 0.3 is 0 Å². The Labute approximate surface area is 199 Å². The van der Waals surface area contributed by atoms with Crippen LogP contribution in [0.25, 0.3) is 11.1 Å². The molecular weight excluding hydrogens is 441 g/mol. The van der Waals surface area contributed by atoms with Crippen molar-refractivity contribution in [2.45, 2.75) is 44.7 Å². The molecule has 2 heterocycles. The molecule has 2 fully saturated rings. The zero-order chi connectivity index (χ0) is 24.3. The minimum Gasteiger partial charge on any atom is -0.493 e. The lowest BCUT2D eigenvalue weighted by Crippen LogP contribution is -2.41. The molecule has 4 rings (SSSR count). The Morgan fingerprint density at radius 3 is 2.12 bits per heavy atom. The number of piperidine rings is 1. The number of hydrogen-bond acceptors (Lipinski definition) is 3. The quantitative estimate of drug-likeness (QED) is 0.518. The first-order chi connectivity index (χ1) is 16.1. The van der Waals surface area contributed by atoms with Crippen molar-refractivity contribution in [2.75, 3.05) is 39.3 Å². The van der Waals surface area contributed by atoms with Crippen LogP contribution < -0.4 is 4.74 Å². The summed E-state index contributed by atoms with van der Waals surface area (Å²) in [5.41, 5.74) is 1.19. The molecule has 0 bridgehead atoms. The van der Waals surface area contributed by atoms with Gasteiger partial charge in [-0.15, -0.1) is 0 Å². The van der Waals surface area contributed by atoms with Gasteiger partial charge in [0.15, 0.2) is 0 Å². The van der Waals surface area contributed by atoms with Crippen molar-refractivity contribution in [1.29, 1.82) is 0 Å². The van der Waals surface area contributed by atoms with Crippen LogP contribution in [-0.4, -0.2) is 66.6 Å². The third kappa shape index (κ3) is 6.53. The van der Waals surface area contributed by atoms with Crippen molar-refractivity contribution in [1.82, 2.24) is 9.80 Å². The van der Waals surface area contributed by atoms with Crippen LogP contribution in [-0.2, 0) is 0 Å². The van der Waals surface area contributed by atoms with Gasteiger partial charge in [-0.05, 0) is 81.1 Å². The van der Waals surface area contributed by atoms with Crippen LogP contribution in [0.2, 0.25) is 0 Å². The molecule has 2 aliphatic heterocycles. The number of ether oxygens (including phenoxy) is 1. The van der Waals surface area contributed by atoms with Crippen molar-refractivity contribution in [3.63, 3.8) is 0 Å². The van der Waals surface area contributed by atoms with Gasteiger partial charge in [0, 0.05) is 25.1 Å². The van der Waals surface area contributed by atoms with E-state index in [1.54, 1.807) is 26.0 Å². The van der Waals surface area contributed by atoms with E-state index >= 15 is 0 Å². The van der Waals surface area contributed by atoms with Gasteiger partial charge in [0.05, 0.1) is 13.2 Å². The second kappa shape index (κ2) is 9.98. The number of benzene rings is 2. The maximum Gasteiger partial charge on any atom is 0.267 e. The van der Waals surface area contributed by atoms with Gasteiger partial charge in [-0.1, -0.05) is 24.3 Å². The summed E-state index contributed by atoms with van der Waals surface area (Å²) in [5.74, 6) is -1.87. The standard InChI is InChI=1S/C27H33F3N2O2/c1-26(2,28)18-31-14-11-20(12-15-31)17-34-24-9-7-22(8-10-24)21-3-5-23(6-4-21)25(33)32-16-13-27(29,30)19-32/h3-10,20H,11-19H2,1-2H3. The molecule has 2 saturated heterocycles. The fourth-order valence-electron chi connectivity index (χ4n) is 4.70. The predicted molar refractivity (Wildman–Crippen MR) is 127 cm³/mol. The summed E-state index contributed by atoms with van der Waals surface area (Å²) in [5, 5.41) is 0. The molecule has 0 spiro atoms. The molecule has 1 amide bonds. The lowest BCUT2D eigenvalue weighted by Gasteiger charge is -2.34. The zero-order valence-electron chi connectivity index (χ0n) is 19.9. The van der Waals surface area contributed by atoms with E-state index in [0.717, 1.165) is 42.8 Å². The maximum atomic E-state index is 13.8. The summed E-state index contributed by atoms with van der Waals surface area (Å²) >= 11 is 0. The first-order valence-corrected chi connectivity index (χ1v) is 12.0. The third-order valence-corrected chi connectivity index (χ3v) is 6.57. The highest BCUT2D eigenvalue weighted by Crippen LogP contribution is 2.29. The second-order valence-corrected chi connectivity index (χ2v) is 10.2. The minimum absolute atomic E-state index is 0.0873. The molecular formula is C27H33F3N2O2. The van der Waals surface area contributed by atoms with E-state index in [2.05, 4.69) is 4.90 Å². The van der Waals surface area contributed by atoms with Crippen LogP contribution in [0, 0.1) is 5.92 Å². The largest absolute Gasteiger partial charge is 0.493 e. The van der Waals surface area contributed by atoms with Crippen LogP contribution in [0.3, 0.4) is 0 Å². The van der Waals surface area contributed by atoms with Gasteiger partial charge < -0.3 is 14.5 Å². The van der Waals surface area contributed by atoms with Crippen LogP contribution in [0.5, 0.6) is 5.75 Å². The number of nitrogens with zero attached hydrogens (tertiary/aromatic N) is 2. The number of carbonyl (C=O) groups excluding carboxylic acids is 1. The van der Waals surface area contributed by atoms with E-state index in [9.17, 15) is 18.0 Å². The van der Waals surface area contributed by atoms with E-state index in [4.69, 9.17) is 4.74 Å². The molecule has 0 radical (unpaired) electrons. The van der Waals surface area contributed by atoms with Crippen LogP contribution in [0.4, 0.5) is 13.2 Å². The van der Waals surface area contributed by atoms with Gasteiger partial charge in [0.2, 0.25) is 0 Å². The number of halogens is 3. The normalized spacial score (nSPS) is 19.4. The molecule has 4 nitrogen and oxygen atoms in total. The first kappa shape index (κ1) is 24.6. The molecule has 184 valence electrons. The average molecular weight is 475 g/mol. The highest BCUT2D eigenvalue weighted by molar-refractivity contribution is 5.95. The summed E-state index contributed by atoms with van der Waals surface area (Å²) < 4.78 is 46.6. The molecule has 2 aromatic rings. The van der Waals surface area contributed by atoms with Gasteiger partial charge in [-0.2, -0.15) is 0 Å². The molecule has 2 aromatic carbocycles. The Morgan fingerprint density at radius 2 is 1.59 bits per heavy atom. The minimum atomic E-state index is -2.79. The highest BCUT2D eigenvalue weighted by atomic mass is 19.3. The van der Waals surface area contributed by atoms with E-state index < -0.39 is 18.1 Å². The number of rotatable bonds is 7. The van der Waals surface area contributed by atoms with Gasteiger partial charge in [-0.3, -0.25) is 4.79 Å². The van der Waals surface area contributed by atoms with Crippen LogP contribution >= 0.6 is 0 Å². The lowest BCUT2D eigenvalue weighted by molar-refractivity contribution is 0.0120. The van der Waals surface area contributed by atoms with Gasteiger partial charge in [0.25, 0.3) is 11.8 Å². The molecule has 0 saturated carbocycles. The molecule has 0 unspecified atom stereocenters. The van der Waals surface area contributed by atoms with Crippen LogP contribution in [0.1, 0.15) is 43.5 Å². The average Bonchev–Trinajstić information content (AvgIpc) is 3.17. The first-order valence-electron chi connectivity index (χ1n) is 12.0. The van der Waals surface area contributed by atoms with Crippen molar-refractivity contribution in [2.24, 2.45) is 5.92 Å². The molecule has 0 aliphatic carbocycles. The Hall–Kier alpha value is -2.54. The van der Waals surface area contributed by atoms with E-state index in [0.29, 0.717) is 24.6 Å². The lowest BCUT2D eigenvalue weighted by atomic mass is 9.97. The molecule has 34 heavy (non-hydrogen) atoms. The highest BCUT2D eigenvalue weighted by Gasteiger charge is 2.40. The molecule has 0 atom stereocenters. The monoisotopic (exact) mass is 474 g/mol. The summed E-state index contributed by atoms with van der Waals surface area (Å²) in [6.07, 6.45) is 1.74. The zero-order valence-corrected chi connectivity index (χ0v) is 19.9. The van der Waals surface area contributed by atoms with E-state index in [-0.39, 0.29) is 18.9 Å². The Morgan fingerprint density at radius 1 is 1.00 bits per heavy atom. The summed E-state index contributed by atoms with van der Waals surface area (Å²) in [7, 11) is 0. The van der Waals surface area contributed by atoms with Crippen molar-refractivity contribution in [3.8, 4) is 16.9 Å². The van der Waals surface area contributed by atoms with E-state index in [1.807, 2.05) is 36.4 Å².